The van der Waals surface area contributed by atoms with Crippen LogP contribution >= 0.6 is 23.2 Å². The van der Waals surface area contributed by atoms with Crippen LogP contribution in [0.25, 0.3) is 0 Å². The van der Waals surface area contributed by atoms with Crippen molar-refractivity contribution in [3.05, 3.63) is 22.2 Å². The zero-order valence-corrected chi connectivity index (χ0v) is 11.5. The van der Waals surface area contributed by atoms with Crippen molar-refractivity contribution in [2.75, 3.05) is 5.32 Å². The van der Waals surface area contributed by atoms with Crippen LogP contribution in [-0.2, 0) is 4.79 Å². The van der Waals surface area contributed by atoms with Gasteiger partial charge in [-0.25, -0.2) is 0 Å². The fraction of sp³-hybridized carbons (Fsp3) is 0.417. The number of amides is 1. The lowest BCUT2D eigenvalue weighted by Gasteiger charge is -2.21. The van der Waals surface area contributed by atoms with Crippen molar-refractivity contribution in [3.63, 3.8) is 0 Å². The zero-order valence-electron chi connectivity index (χ0n) is 9.97. The van der Waals surface area contributed by atoms with Crippen LogP contribution in [-0.4, -0.2) is 11.0 Å². The van der Waals surface area contributed by atoms with Gasteiger partial charge in [-0.3, -0.25) is 4.79 Å². The molecular weight excluding hydrogens is 261 g/mol. The lowest BCUT2D eigenvalue weighted by Crippen LogP contribution is -2.29. The van der Waals surface area contributed by atoms with E-state index in [0.29, 0.717) is 5.69 Å². The van der Waals surface area contributed by atoms with Gasteiger partial charge in [-0.15, -0.1) is 0 Å². The average Bonchev–Trinajstić information content (AvgIpc) is 2.25. The van der Waals surface area contributed by atoms with E-state index < -0.39 is 5.41 Å². The summed E-state index contributed by atoms with van der Waals surface area (Å²) in [5.41, 5.74) is 0.0148. The number of hydrogen-bond acceptors (Lipinski definition) is 2. The minimum absolute atomic E-state index is 0.113. The number of nitrogens with one attached hydrogen (secondary N) is 1. The second-order valence-corrected chi connectivity index (χ2v) is 5.29. The summed E-state index contributed by atoms with van der Waals surface area (Å²) < 4.78 is 0. The van der Waals surface area contributed by atoms with Gasteiger partial charge in [0.1, 0.15) is 0 Å². The van der Waals surface area contributed by atoms with Crippen molar-refractivity contribution < 1.29 is 9.90 Å². The van der Waals surface area contributed by atoms with Gasteiger partial charge in [-0.1, -0.05) is 44.0 Å². The summed E-state index contributed by atoms with van der Waals surface area (Å²) in [6.45, 7) is 5.65. The molecule has 0 fully saturated rings. The molecule has 0 bridgehead atoms. The molecule has 0 spiro atoms. The number of phenols is 1. The van der Waals surface area contributed by atoms with E-state index in [0.717, 1.165) is 6.42 Å². The van der Waals surface area contributed by atoms with Gasteiger partial charge in [0.05, 0.1) is 10.0 Å². The topological polar surface area (TPSA) is 49.3 Å². The Bertz CT molecular complexity index is 421. The molecule has 0 aromatic heterocycles. The summed E-state index contributed by atoms with van der Waals surface area (Å²) in [4.78, 5) is 11.9. The maximum Gasteiger partial charge on any atom is 0.230 e. The number of aromatic hydroxyl groups is 1. The highest BCUT2D eigenvalue weighted by Crippen LogP contribution is 2.35. The standard InChI is InChI=1S/C12H15Cl2NO2/c1-4-12(2,3)11(17)15-7-5-8(13)10(16)9(14)6-7/h5-6,16H,4H2,1-3H3,(H,15,17). The van der Waals surface area contributed by atoms with E-state index >= 15 is 0 Å². The molecule has 0 aliphatic rings. The zero-order chi connectivity index (χ0) is 13.2. The van der Waals surface area contributed by atoms with E-state index in [-0.39, 0.29) is 21.7 Å². The first-order valence-corrected chi connectivity index (χ1v) is 6.03. The van der Waals surface area contributed by atoms with E-state index in [9.17, 15) is 9.90 Å². The van der Waals surface area contributed by atoms with Crippen molar-refractivity contribution >= 4 is 34.8 Å². The molecule has 1 rings (SSSR count). The number of halogens is 2. The Morgan fingerprint density at radius 3 is 2.24 bits per heavy atom. The van der Waals surface area contributed by atoms with Gasteiger partial charge in [0, 0.05) is 11.1 Å². The van der Waals surface area contributed by atoms with Crippen LogP contribution in [0, 0.1) is 5.41 Å². The normalized spacial score (nSPS) is 11.4. The number of hydrogen-bond donors (Lipinski definition) is 2. The predicted octanol–water partition coefficient (Wildman–Crippen LogP) is 4.07. The molecule has 1 amide bonds. The number of phenolic OH excluding ortho intramolecular Hbond substituents is 1. The molecule has 0 radical (unpaired) electrons. The lowest BCUT2D eigenvalue weighted by molar-refractivity contribution is -0.124. The van der Waals surface area contributed by atoms with Crippen LogP contribution in [0.1, 0.15) is 27.2 Å². The van der Waals surface area contributed by atoms with Crippen LogP contribution in [0.5, 0.6) is 5.75 Å². The molecule has 0 saturated carbocycles. The third kappa shape index (κ3) is 3.27. The van der Waals surface area contributed by atoms with Crippen molar-refractivity contribution in [1.29, 1.82) is 0 Å². The van der Waals surface area contributed by atoms with Crippen LogP contribution in [0.15, 0.2) is 12.1 Å². The van der Waals surface area contributed by atoms with Crippen molar-refractivity contribution in [2.24, 2.45) is 5.41 Å². The SMILES string of the molecule is CCC(C)(C)C(=O)Nc1cc(Cl)c(O)c(Cl)c1. The Balaban J connectivity index is 2.94. The molecule has 0 saturated heterocycles. The third-order valence-corrected chi connectivity index (χ3v) is 3.35. The number of rotatable bonds is 3. The van der Waals surface area contributed by atoms with Crippen LogP contribution in [0.4, 0.5) is 5.69 Å². The molecule has 0 aliphatic heterocycles. The molecular formula is C12H15Cl2NO2. The molecule has 17 heavy (non-hydrogen) atoms. The molecule has 1 aromatic rings. The predicted molar refractivity (Wildman–Crippen MR) is 70.8 cm³/mol. The Morgan fingerprint density at radius 1 is 1.35 bits per heavy atom. The Labute approximate surface area is 111 Å². The van der Waals surface area contributed by atoms with Gasteiger partial charge in [-0.05, 0) is 18.6 Å². The lowest BCUT2D eigenvalue weighted by atomic mass is 9.89. The van der Waals surface area contributed by atoms with Gasteiger partial charge in [0.15, 0.2) is 5.75 Å². The van der Waals surface area contributed by atoms with Crippen molar-refractivity contribution in [3.8, 4) is 5.75 Å². The molecule has 1 aromatic carbocycles. The summed E-state index contributed by atoms with van der Waals surface area (Å²) in [6, 6.07) is 2.93. The molecule has 2 N–H and O–H groups in total. The fourth-order valence-corrected chi connectivity index (χ4v) is 1.59. The molecule has 3 nitrogen and oxygen atoms in total. The van der Waals surface area contributed by atoms with Gasteiger partial charge < -0.3 is 10.4 Å². The van der Waals surface area contributed by atoms with Crippen LogP contribution in [0.2, 0.25) is 10.0 Å². The van der Waals surface area contributed by atoms with Crippen molar-refractivity contribution in [2.45, 2.75) is 27.2 Å². The number of carbonyl (C=O) groups excluding carboxylic acids is 1. The van der Waals surface area contributed by atoms with E-state index in [4.69, 9.17) is 23.2 Å². The average molecular weight is 276 g/mol. The first-order chi connectivity index (χ1) is 7.77. The summed E-state index contributed by atoms with van der Waals surface area (Å²) in [5, 5.41) is 12.3. The second-order valence-electron chi connectivity index (χ2n) is 4.48. The van der Waals surface area contributed by atoms with Crippen molar-refractivity contribution in [1.82, 2.24) is 0 Å². The molecule has 0 aliphatic carbocycles. The van der Waals surface area contributed by atoms with Gasteiger partial charge in [0.25, 0.3) is 0 Å². The summed E-state index contributed by atoms with van der Waals surface area (Å²) in [6.07, 6.45) is 0.721. The van der Waals surface area contributed by atoms with Crippen LogP contribution in [0.3, 0.4) is 0 Å². The second kappa shape index (κ2) is 5.15. The molecule has 5 heteroatoms. The minimum Gasteiger partial charge on any atom is -0.505 e. The van der Waals surface area contributed by atoms with Gasteiger partial charge >= 0.3 is 0 Å². The maximum absolute atomic E-state index is 11.9. The first kappa shape index (κ1) is 14.1. The van der Waals surface area contributed by atoms with Gasteiger partial charge in [0.2, 0.25) is 5.91 Å². The van der Waals surface area contributed by atoms with E-state index in [1.807, 2.05) is 20.8 Å². The van der Waals surface area contributed by atoms with E-state index in [2.05, 4.69) is 5.32 Å². The smallest absolute Gasteiger partial charge is 0.230 e. The third-order valence-electron chi connectivity index (χ3n) is 2.77. The number of benzene rings is 1. The number of anilines is 1. The Hall–Kier alpha value is -0.930. The first-order valence-electron chi connectivity index (χ1n) is 5.27. The quantitative estimate of drug-likeness (QED) is 0.817. The Kier molecular flexibility index (Phi) is 4.28. The largest absolute Gasteiger partial charge is 0.505 e. The molecule has 94 valence electrons. The minimum atomic E-state index is -0.461. The molecule has 0 unspecified atom stereocenters. The van der Waals surface area contributed by atoms with Gasteiger partial charge in [-0.2, -0.15) is 0 Å². The highest BCUT2D eigenvalue weighted by Gasteiger charge is 2.25. The summed E-state index contributed by atoms with van der Waals surface area (Å²) >= 11 is 11.5. The van der Waals surface area contributed by atoms with Crippen LogP contribution < -0.4 is 5.32 Å². The summed E-state index contributed by atoms with van der Waals surface area (Å²) in [7, 11) is 0. The molecule has 0 heterocycles. The number of carbonyl (C=O) groups is 1. The molecule has 0 atom stereocenters. The fourth-order valence-electron chi connectivity index (χ4n) is 1.10. The van der Waals surface area contributed by atoms with E-state index in [1.165, 1.54) is 12.1 Å². The monoisotopic (exact) mass is 275 g/mol. The van der Waals surface area contributed by atoms with E-state index in [1.54, 1.807) is 0 Å². The maximum atomic E-state index is 11.9. The summed E-state index contributed by atoms with van der Waals surface area (Å²) in [5.74, 6) is -0.293. The highest BCUT2D eigenvalue weighted by molar-refractivity contribution is 6.37. The Morgan fingerprint density at radius 2 is 1.82 bits per heavy atom. The highest BCUT2D eigenvalue weighted by atomic mass is 35.5.